The van der Waals surface area contributed by atoms with Crippen LogP contribution in [-0.2, 0) is 6.61 Å². The van der Waals surface area contributed by atoms with Crippen LogP contribution < -0.4 is 10.3 Å². The monoisotopic (exact) mass is 385 g/mol. The Balaban J connectivity index is 2.01. The quantitative estimate of drug-likeness (QED) is 0.533. The molecule has 0 radical (unpaired) electrons. The van der Waals surface area contributed by atoms with Gasteiger partial charge in [-0.2, -0.15) is 5.26 Å². The average molecular weight is 385 g/mol. The molecule has 0 aliphatic rings. The molecule has 0 saturated carbocycles. The van der Waals surface area contributed by atoms with Crippen molar-refractivity contribution in [2.45, 2.75) is 11.8 Å². The lowest BCUT2D eigenvalue weighted by molar-refractivity contribution is 0.303. The second-order valence-corrected chi connectivity index (χ2v) is 6.26. The van der Waals surface area contributed by atoms with Gasteiger partial charge in [0.15, 0.2) is 5.16 Å². The molecule has 1 N–H and O–H groups in total. The fourth-order valence-electron chi connectivity index (χ4n) is 2.50. The van der Waals surface area contributed by atoms with Gasteiger partial charge in [0.25, 0.3) is 5.56 Å². The molecule has 0 aliphatic carbocycles. The van der Waals surface area contributed by atoms with E-state index in [0.717, 1.165) is 18.2 Å². The summed E-state index contributed by atoms with van der Waals surface area (Å²) in [6.07, 6.45) is 1.75. The Bertz CT molecular complexity index is 1070. The maximum atomic E-state index is 13.3. The van der Waals surface area contributed by atoms with Crippen LogP contribution in [0.5, 0.6) is 5.75 Å². The van der Waals surface area contributed by atoms with Crippen LogP contribution in [0.3, 0.4) is 0 Å². The fourth-order valence-corrected chi connectivity index (χ4v) is 2.88. The number of aromatic nitrogens is 2. The smallest absolute Gasteiger partial charge is 0.270 e. The lowest BCUT2D eigenvalue weighted by Gasteiger charge is -2.12. The van der Waals surface area contributed by atoms with Crippen LogP contribution >= 0.6 is 11.8 Å². The molecule has 0 spiro atoms. The minimum Gasteiger partial charge on any atom is -0.489 e. The maximum absolute atomic E-state index is 13.3. The van der Waals surface area contributed by atoms with E-state index in [9.17, 15) is 18.8 Å². The Kier molecular flexibility index (Phi) is 5.52. The molecule has 0 unspecified atom stereocenters. The van der Waals surface area contributed by atoms with Gasteiger partial charge in [-0.05, 0) is 11.8 Å². The molecule has 0 saturated heterocycles. The molecule has 0 bridgehead atoms. The van der Waals surface area contributed by atoms with E-state index in [1.807, 2.05) is 6.07 Å². The number of ether oxygens (including phenoxy) is 1. The number of benzene rings is 2. The highest BCUT2D eigenvalue weighted by Gasteiger charge is 2.16. The topological polar surface area (TPSA) is 78.8 Å². The Morgan fingerprint density at radius 1 is 1.22 bits per heavy atom. The number of rotatable bonds is 5. The fraction of sp³-hybridized carbons (Fsp3) is 0.105. The summed E-state index contributed by atoms with van der Waals surface area (Å²) in [7, 11) is 0. The number of hydrogen-bond donors (Lipinski definition) is 1. The highest BCUT2D eigenvalue weighted by Crippen LogP contribution is 2.26. The van der Waals surface area contributed by atoms with E-state index < -0.39 is 17.2 Å². The van der Waals surface area contributed by atoms with Gasteiger partial charge in [-0.1, -0.05) is 36.0 Å². The van der Waals surface area contributed by atoms with Gasteiger partial charge in [0.05, 0.1) is 5.69 Å². The molecule has 27 heavy (non-hydrogen) atoms. The van der Waals surface area contributed by atoms with Crippen LogP contribution in [0, 0.1) is 23.0 Å². The Morgan fingerprint density at radius 3 is 2.59 bits per heavy atom. The predicted octanol–water partition coefficient (Wildman–Crippen LogP) is 3.89. The molecule has 0 amide bonds. The molecule has 2 aromatic carbocycles. The third-order valence-electron chi connectivity index (χ3n) is 3.71. The largest absolute Gasteiger partial charge is 0.489 e. The van der Waals surface area contributed by atoms with Crippen LogP contribution in [0.1, 0.15) is 11.1 Å². The van der Waals surface area contributed by atoms with Gasteiger partial charge in [0.1, 0.15) is 35.6 Å². The number of H-pyrrole nitrogens is 1. The molecule has 3 aromatic rings. The molecule has 5 nitrogen and oxygen atoms in total. The molecule has 0 fully saturated rings. The third kappa shape index (κ3) is 4.15. The van der Waals surface area contributed by atoms with Gasteiger partial charge in [-0.25, -0.2) is 13.8 Å². The van der Waals surface area contributed by atoms with Crippen molar-refractivity contribution in [3.63, 3.8) is 0 Å². The summed E-state index contributed by atoms with van der Waals surface area (Å²) in [5.41, 5.74) is 0.734. The first-order valence-corrected chi connectivity index (χ1v) is 9.00. The molecule has 1 heterocycles. The highest BCUT2D eigenvalue weighted by molar-refractivity contribution is 7.98. The minimum atomic E-state index is -0.745. The second kappa shape index (κ2) is 8.01. The SMILES string of the molecule is CSc1nc(-c2ccccc2COc2cc(F)cc(F)c2)c(C#N)c(=O)[nH]1. The number of hydrogen-bond acceptors (Lipinski definition) is 5. The summed E-state index contributed by atoms with van der Waals surface area (Å²) in [4.78, 5) is 19.0. The molecule has 3 rings (SSSR count). The number of nitrogens with one attached hydrogen (secondary N) is 1. The second-order valence-electron chi connectivity index (χ2n) is 5.46. The van der Waals surface area contributed by atoms with Crippen LogP contribution in [0.15, 0.2) is 52.4 Å². The van der Waals surface area contributed by atoms with Crippen molar-refractivity contribution in [2.75, 3.05) is 6.26 Å². The zero-order valence-electron chi connectivity index (χ0n) is 14.1. The van der Waals surface area contributed by atoms with Gasteiger partial charge in [-0.15, -0.1) is 0 Å². The van der Waals surface area contributed by atoms with Gasteiger partial charge in [0.2, 0.25) is 0 Å². The number of thioether (sulfide) groups is 1. The number of aromatic amines is 1. The minimum absolute atomic E-state index is 0.0208. The number of nitriles is 1. The highest BCUT2D eigenvalue weighted by atomic mass is 32.2. The molecule has 1 aromatic heterocycles. The Hall–Kier alpha value is -3.18. The van der Waals surface area contributed by atoms with E-state index in [0.29, 0.717) is 16.3 Å². The van der Waals surface area contributed by atoms with E-state index >= 15 is 0 Å². The normalized spacial score (nSPS) is 10.4. The van der Waals surface area contributed by atoms with E-state index in [4.69, 9.17) is 4.74 Å². The third-order valence-corrected chi connectivity index (χ3v) is 4.29. The van der Waals surface area contributed by atoms with E-state index in [-0.39, 0.29) is 23.6 Å². The molecule has 136 valence electrons. The summed E-state index contributed by atoms with van der Waals surface area (Å²) in [6, 6.07) is 11.7. The van der Waals surface area contributed by atoms with Crippen molar-refractivity contribution in [3.05, 3.63) is 75.6 Å². The first-order chi connectivity index (χ1) is 13.0. The lowest BCUT2D eigenvalue weighted by atomic mass is 10.0. The van der Waals surface area contributed by atoms with Crippen molar-refractivity contribution in [1.29, 1.82) is 5.26 Å². The van der Waals surface area contributed by atoms with Gasteiger partial charge < -0.3 is 9.72 Å². The molecular formula is C19H13F2N3O2S. The van der Waals surface area contributed by atoms with Crippen LogP contribution in [0.4, 0.5) is 8.78 Å². The summed E-state index contributed by atoms with van der Waals surface area (Å²) in [5.74, 6) is -1.46. The summed E-state index contributed by atoms with van der Waals surface area (Å²) in [6.45, 7) is -0.0208. The lowest BCUT2D eigenvalue weighted by Crippen LogP contribution is -2.15. The van der Waals surface area contributed by atoms with Crippen LogP contribution in [0.25, 0.3) is 11.3 Å². The van der Waals surface area contributed by atoms with Crippen molar-refractivity contribution >= 4 is 11.8 Å². The standard InChI is InChI=1S/C19H13F2N3O2S/c1-27-19-23-17(16(9-22)18(25)24-19)15-5-3-2-4-11(15)10-26-14-7-12(20)6-13(21)8-14/h2-8H,10H2,1H3,(H,23,24,25). The predicted molar refractivity (Wildman–Crippen MR) is 97.5 cm³/mol. The first-order valence-electron chi connectivity index (χ1n) is 7.77. The van der Waals surface area contributed by atoms with Crippen molar-refractivity contribution < 1.29 is 13.5 Å². The van der Waals surface area contributed by atoms with Gasteiger partial charge in [0, 0.05) is 23.8 Å². The molecular weight excluding hydrogens is 372 g/mol. The first kappa shape index (κ1) is 18.6. The summed E-state index contributed by atoms with van der Waals surface area (Å²) in [5, 5.41) is 9.72. The van der Waals surface area contributed by atoms with Crippen molar-refractivity contribution in [2.24, 2.45) is 0 Å². The summed E-state index contributed by atoms with van der Waals surface area (Å²) >= 11 is 1.24. The van der Waals surface area contributed by atoms with Gasteiger partial charge in [-0.3, -0.25) is 4.79 Å². The Labute approximate surface area is 157 Å². The van der Waals surface area contributed by atoms with Crippen molar-refractivity contribution in [3.8, 4) is 23.1 Å². The van der Waals surface area contributed by atoms with E-state index in [2.05, 4.69) is 9.97 Å². The maximum Gasteiger partial charge on any atom is 0.270 e. The van der Waals surface area contributed by atoms with E-state index in [1.165, 1.54) is 11.8 Å². The Morgan fingerprint density at radius 2 is 1.93 bits per heavy atom. The number of nitrogens with zero attached hydrogens (tertiary/aromatic N) is 2. The van der Waals surface area contributed by atoms with Crippen LogP contribution in [0.2, 0.25) is 0 Å². The molecule has 0 atom stereocenters. The van der Waals surface area contributed by atoms with Crippen LogP contribution in [-0.4, -0.2) is 16.2 Å². The van der Waals surface area contributed by atoms with E-state index in [1.54, 1.807) is 30.5 Å². The van der Waals surface area contributed by atoms with Gasteiger partial charge >= 0.3 is 0 Å². The molecule has 0 aliphatic heterocycles. The summed E-state index contributed by atoms with van der Waals surface area (Å²) < 4.78 is 32.1. The zero-order valence-corrected chi connectivity index (χ0v) is 14.9. The zero-order chi connectivity index (χ0) is 19.4. The van der Waals surface area contributed by atoms with Crippen molar-refractivity contribution in [1.82, 2.24) is 9.97 Å². The average Bonchev–Trinajstić information content (AvgIpc) is 2.65. The number of halogens is 2. The molecule has 8 heteroatoms.